The van der Waals surface area contributed by atoms with E-state index in [9.17, 15) is 18.5 Å². The van der Waals surface area contributed by atoms with Gasteiger partial charge in [0.05, 0.1) is 22.1 Å². The van der Waals surface area contributed by atoms with Gasteiger partial charge < -0.3 is 4.74 Å². The van der Waals surface area contributed by atoms with Gasteiger partial charge in [-0.2, -0.15) is 0 Å². The minimum Gasteiger partial charge on any atom is -0.378 e. The van der Waals surface area contributed by atoms with Crippen LogP contribution in [0.4, 0.5) is 5.69 Å². The summed E-state index contributed by atoms with van der Waals surface area (Å²) in [7, 11) is -2.47. The molecule has 0 aliphatic rings. The van der Waals surface area contributed by atoms with Gasteiger partial charge in [-0.05, 0) is 18.2 Å². The molecule has 2 heterocycles. The summed E-state index contributed by atoms with van der Waals surface area (Å²) < 4.78 is 32.0. The van der Waals surface area contributed by atoms with Crippen molar-refractivity contribution in [2.24, 2.45) is 0 Å². The van der Waals surface area contributed by atoms with Crippen molar-refractivity contribution in [2.45, 2.75) is 11.5 Å². The van der Waals surface area contributed by atoms with Crippen molar-refractivity contribution in [1.29, 1.82) is 0 Å². The summed E-state index contributed by atoms with van der Waals surface area (Å²) in [5.74, 6) is 0. The molecule has 0 saturated carbocycles. The van der Waals surface area contributed by atoms with E-state index >= 15 is 0 Å². The highest BCUT2D eigenvalue weighted by molar-refractivity contribution is 7.90. The van der Waals surface area contributed by atoms with Gasteiger partial charge in [0.2, 0.25) is 0 Å². The molecule has 0 saturated heterocycles. The number of aromatic nitrogens is 2. The van der Waals surface area contributed by atoms with E-state index in [-0.39, 0.29) is 22.8 Å². The summed E-state index contributed by atoms with van der Waals surface area (Å²) in [6.45, 7) is 0.0240. The molecule has 0 amide bonds. The largest absolute Gasteiger partial charge is 0.378 e. The summed E-state index contributed by atoms with van der Waals surface area (Å²) in [4.78, 5) is 14.4. The highest BCUT2D eigenvalue weighted by atomic mass is 32.2. The molecule has 1 aromatic carbocycles. The first-order chi connectivity index (χ1) is 11.4. The molecule has 3 aromatic rings. The fourth-order valence-corrected chi connectivity index (χ4v) is 3.93. The zero-order valence-corrected chi connectivity index (χ0v) is 13.4. The molecule has 0 N–H and O–H groups in total. The number of hydrogen-bond donors (Lipinski definition) is 0. The maximum absolute atomic E-state index is 13.0. The summed E-state index contributed by atoms with van der Waals surface area (Å²) in [5.41, 5.74) is 0.251. The molecule has 0 aliphatic heterocycles. The number of methoxy groups -OCH3 is 1. The number of pyridine rings is 1. The van der Waals surface area contributed by atoms with E-state index in [0.29, 0.717) is 11.1 Å². The van der Waals surface area contributed by atoms with E-state index in [1.165, 1.54) is 31.4 Å². The Morgan fingerprint density at radius 1 is 1.25 bits per heavy atom. The SMILES string of the molecule is COCc1cc2cc([N+](=O)[O-])cnc2n1S(=O)(=O)c1ccccc1. The molecule has 9 heteroatoms. The third-order valence-electron chi connectivity index (χ3n) is 3.44. The van der Waals surface area contributed by atoms with Crippen molar-refractivity contribution < 1.29 is 18.1 Å². The summed E-state index contributed by atoms with van der Waals surface area (Å²) in [6.07, 6.45) is 1.04. The Balaban J connectivity index is 2.29. The maximum atomic E-state index is 13.0. The zero-order valence-electron chi connectivity index (χ0n) is 12.6. The fourth-order valence-electron chi connectivity index (χ4n) is 2.43. The quantitative estimate of drug-likeness (QED) is 0.518. The molecule has 24 heavy (non-hydrogen) atoms. The van der Waals surface area contributed by atoms with Gasteiger partial charge >= 0.3 is 0 Å². The highest BCUT2D eigenvalue weighted by Gasteiger charge is 2.24. The normalized spacial score (nSPS) is 11.7. The van der Waals surface area contributed by atoms with E-state index in [1.807, 2.05) is 0 Å². The molecule has 0 bridgehead atoms. The third-order valence-corrected chi connectivity index (χ3v) is 5.20. The number of ether oxygens (including phenoxy) is 1. The highest BCUT2D eigenvalue weighted by Crippen LogP contribution is 2.27. The lowest BCUT2D eigenvalue weighted by molar-refractivity contribution is -0.385. The van der Waals surface area contributed by atoms with Crippen LogP contribution in [0, 0.1) is 10.1 Å². The van der Waals surface area contributed by atoms with Crippen LogP contribution in [0.5, 0.6) is 0 Å². The van der Waals surface area contributed by atoms with Crippen LogP contribution >= 0.6 is 0 Å². The lowest BCUT2D eigenvalue weighted by Gasteiger charge is -2.10. The lowest BCUT2D eigenvalue weighted by atomic mass is 10.3. The average molecular weight is 347 g/mol. The van der Waals surface area contributed by atoms with Crippen molar-refractivity contribution in [2.75, 3.05) is 7.11 Å². The number of fused-ring (bicyclic) bond motifs is 1. The first kappa shape index (κ1) is 16.1. The van der Waals surface area contributed by atoms with Crippen LogP contribution in [0.25, 0.3) is 11.0 Å². The van der Waals surface area contributed by atoms with Crippen molar-refractivity contribution in [1.82, 2.24) is 8.96 Å². The van der Waals surface area contributed by atoms with E-state index in [4.69, 9.17) is 4.74 Å². The van der Waals surface area contributed by atoms with Crippen LogP contribution in [0.3, 0.4) is 0 Å². The molecular weight excluding hydrogens is 334 g/mol. The Hall–Kier alpha value is -2.78. The first-order valence-corrected chi connectivity index (χ1v) is 8.33. The Morgan fingerprint density at radius 2 is 1.96 bits per heavy atom. The van der Waals surface area contributed by atoms with Crippen LogP contribution in [0.15, 0.2) is 53.6 Å². The maximum Gasteiger partial charge on any atom is 0.288 e. The Kier molecular flexibility index (Phi) is 4.04. The van der Waals surface area contributed by atoms with Crippen LogP contribution in [-0.4, -0.2) is 29.4 Å². The van der Waals surface area contributed by atoms with Gasteiger partial charge in [-0.15, -0.1) is 0 Å². The molecule has 0 fully saturated rings. The predicted octanol–water partition coefficient (Wildman–Crippen LogP) is 2.33. The second kappa shape index (κ2) is 6.02. The summed E-state index contributed by atoms with van der Waals surface area (Å²) >= 11 is 0. The van der Waals surface area contributed by atoms with Gasteiger partial charge in [-0.25, -0.2) is 17.4 Å². The molecule has 3 rings (SSSR count). The van der Waals surface area contributed by atoms with Gasteiger partial charge in [0, 0.05) is 18.6 Å². The van der Waals surface area contributed by atoms with Crippen molar-refractivity contribution >= 4 is 26.7 Å². The standard InChI is InChI=1S/C15H13N3O5S/c1-23-10-13-8-11-7-12(18(19)20)9-16-15(11)17(13)24(21,22)14-5-3-2-4-6-14/h2-9H,10H2,1H3. The number of hydrogen-bond acceptors (Lipinski definition) is 6. The lowest BCUT2D eigenvalue weighted by Crippen LogP contribution is -2.16. The van der Waals surface area contributed by atoms with E-state index in [0.717, 1.165) is 10.2 Å². The number of benzene rings is 1. The zero-order chi connectivity index (χ0) is 17.3. The predicted molar refractivity (Wildman–Crippen MR) is 86.1 cm³/mol. The molecule has 0 radical (unpaired) electrons. The van der Waals surface area contributed by atoms with E-state index < -0.39 is 14.9 Å². The monoisotopic (exact) mass is 347 g/mol. The van der Waals surface area contributed by atoms with Gasteiger partial charge in [0.25, 0.3) is 15.7 Å². The van der Waals surface area contributed by atoms with Gasteiger partial charge in [-0.1, -0.05) is 18.2 Å². The fraction of sp³-hybridized carbons (Fsp3) is 0.133. The molecular formula is C15H13N3O5S. The Labute approximate surface area is 137 Å². The van der Waals surface area contributed by atoms with Crippen molar-refractivity contribution in [3.63, 3.8) is 0 Å². The van der Waals surface area contributed by atoms with Crippen LogP contribution in [0.1, 0.15) is 5.69 Å². The molecule has 8 nitrogen and oxygen atoms in total. The minimum absolute atomic E-state index is 0.0240. The topological polar surface area (TPSA) is 104 Å². The van der Waals surface area contributed by atoms with E-state index in [2.05, 4.69) is 4.98 Å². The molecule has 0 spiro atoms. The van der Waals surface area contributed by atoms with Crippen LogP contribution in [0.2, 0.25) is 0 Å². The Morgan fingerprint density at radius 3 is 2.58 bits per heavy atom. The molecule has 0 aliphatic carbocycles. The second-order valence-corrected chi connectivity index (χ2v) is 6.80. The summed E-state index contributed by atoms with van der Waals surface area (Å²) in [5, 5.41) is 11.3. The summed E-state index contributed by atoms with van der Waals surface area (Å²) in [6, 6.07) is 10.7. The van der Waals surface area contributed by atoms with Crippen LogP contribution in [-0.2, 0) is 21.4 Å². The number of nitrogens with zero attached hydrogens (tertiary/aromatic N) is 3. The minimum atomic E-state index is -3.90. The molecule has 124 valence electrons. The van der Waals surface area contributed by atoms with Gasteiger partial charge in [-0.3, -0.25) is 10.1 Å². The molecule has 2 aromatic heterocycles. The number of nitro groups is 1. The second-order valence-electron chi connectivity index (χ2n) is 5.01. The molecule has 0 atom stereocenters. The Bertz CT molecular complexity index is 1010. The van der Waals surface area contributed by atoms with E-state index in [1.54, 1.807) is 18.2 Å². The van der Waals surface area contributed by atoms with Gasteiger partial charge in [0.15, 0.2) is 5.65 Å². The number of rotatable bonds is 5. The van der Waals surface area contributed by atoms with Crippen LogP contribution < -0.4 is 0 Å². The van der Waals surface area contributed by atoms with Crippen molar-refractivity contribution in [3.05, 3.63) is 64.5 Å². The van der Waals surface area contributed by atoms with Crippen molar-refractivity contribution in [3.8, 4) is 0 Å². The average Bonchev–Trinajstić information content (AvgIpc) is 2.93. The smallest absolute Gasteiger partial charge is 0.288 e. The molecule has 0 unspecified atom stereocenters. The third kappa shape index (κ3) is 2.63. The first-order valence-electron chi connectivity index (χ1n) is 6.89. The van der Waals surface area contributed by atoms with Gasteiger partial charge in [0.1, 0.15) is 6.20 Å².